The predicted octanol–water partition coefficient (Wildman–Crippen LogP) is 0.869. The molecule has 110 valence electrons. The van der Waals surface area contributed by atoms with Crippen molar-refractivity contribution in [2.75, 3.05) is 25.0 Å². The molecule has 1 aromatic rings. The van der Waals surface area contributed by atoms with Gasteiger partial charge in [-0.15, -0.1) is 0 Å². The molecule has 1 aliphatic heterocycles. The summed E-state index contributed by atoms with van der Waals surface area (Å²) < 4.78 is 26.2. The van der Waals surface area contributed by atoms with E-state index in [1.165, 1.54) is 0 Å². The molecule has 0 bridgehead atoms. The van der Waals surface area contributed by atoms with Crippen LogP contribution >= 0.6 is 0 Å². The summed E-state index contributed by atoms with van der Waals surface area (Å²) in [5.41, 5.74) is 0. The van der Waals surface area contributed by atoms with Crippen LogP contribution in [0.15, 0.2) is 18.6 Å². The zero-order chi connectivity index (χ0) is 14.2. The summed E-state index contributed by atoms with van der Waals surface area (Å²) in [6.45, 7) is 1.60. The van der Waals surface area contributed by atoms with Gasteiger partial charge in [0.1, 0.15) is 5.82 Å². The summed E-state index contributed by atoms with van der Waals surface area (Å²) in [6.07, 6.45) is 8.57. The summed E-state index contributed by atoms with van der Waals surface area (Å²) in [7, 11) is -1.38. The maximum absolute atomic E-state index is 12.3. The van der Waals surface area contributed by atoms with Gasteiger partial charge in [-0.1, -0.05) is 0 Å². The molecule has 20 heavy (non-hydrogen) atoms. The van der Waals surface area contributed by atoms with Gasteiger partial charge in [0.25, 0.3) is 0 Å². The highest BCUT2D eigenvalue weighted by Crippen LogP contribution is 2.32. The molecule has 3 rings (SSSR count). The topological polar surface area (TPSA) is 66.4 Å². The third-order valence-electron chi connectivity index (χ3n) is 4.13. The van der Waals surface area contributed by atoms with Crippen molar-refractivity contribution in [1.82, 2.24) is 14.3 Å². The van der Waals surface area contributed by atoms with Crippen molar-refractivity contribution in [1.29, 1.82) is 0 Å². The molecule has 0 spiro atoms. The fourth-order valence-corrected chi connectivity index (χ4v) is 4.51. The number of sulfonamides is 1. The maximum Gasteiger partial charge on any atom is 0.217 e. The van der Waals surface area contributed by atoms with Crippen LogP contribution in [-0.2, 0) is 10.0 Å². The fourth-order valence-electron chi connectivity index (χ4n) is 2.72. The first-order valence-corrected chi connectivity index (χ1v) is 8.57. The van der Waals surface area contributed by atoms with E-state index in [-0.39, 0.29) is 11.3 Å². The average molecular weight is 296 g/mol. The Morgan fingerprint density at radius 2 is 2.10 bits per heavy atom. The number of piperidine rings is 1. The van der Waals surface area contributed by atoms with E-state index in [9.17, 15) is 8.42 Å². The number of anilines is 1. The number of likely N-dealkylation sites (N-methyl/N-ethyl adjacent to an activating group) is 1. The molecular weight excluding hydrogens is 276 g/mol. The highest BCUT2D eigenvalue weighted by molar-refractivity contribution is 7.90. The second-order valence-electron chi connectivity index (χ2n) is 5.57. The van der Waals surface area contributed by atoms with Crippen molar-refractivity contribution in [2.24, 2.45) is 0 Å². The van der Waals surface area contributed by atoms with E-state index in [0.29, 0.717) is 6.54 Å². The van der Waals surface area contributed by atoms with Crippen LogP contribution in [0.5, 0.6) is 0 Å². The molecule has 0 aromatic carbocycles. The molecule has 1 unspecified atom stereocenters. The van der Waals surface area contributed by atoms with Gasteiger partial charge in [-0.25, -0.2) is 13.4 Å². The summed E-state index contributed by atoms with van der Waals surface area (Å²) >= 11 is 0. The average Bonchev–Trinajstić information content (AvgIpc) is 3.32. The van der Waals surface area contributed by atoms with Gasteiger partial charge in [-0.05, 0) is 25.7 Å². The van der Waals surface area contributed by atoms with Crippen LogP contribution in [-0.4, -0.2) is 54.1 Å². The van der Waals surface area contributed by atoms with Crippen molar-refractivity contribution in [3.05, 3.63) is 18.6 Å². The first-order valence-electron chi connectivity index (χ1n) is 7.07. The van der Waals surface area contributed by atoms with E-state index in [1.807, 2.05) is 0 Å². The lowest BCUT2D eigenvalue weighted by Gasteiger charge is -2.37. The van der Waals surface area contributed by atoms with Crippen molar-refractivity contribution in [3.8, 4) is 0 Å². The Kier molecular flexibility index (Phi) is 3.64. The normalized spacial score (nSPS) is 24.1. The van der Waals surface area contributed by atoms with Crippen molar-refractivity contribution >= 4 is 15.8 Å². The fraction of sp³-hybridized carbons (Fsp3) is 0.692. The largest absolute Gasteiger partial charge is 0.354 e. The van der Waals surface area contributed by atoms with Gasteiger partial charge >= 0.3 is 0 Å². The first-order chi connectivity index (χ1) is 9.59. The van der Waals surface area contributed by atoms with E-state index in [2.05, 4.69) is 14.9 Å². The van der Waals surface area contributed by atoms with E-state index in [1.54, 1.807) is 29.9 Å². The molecule has 0 amide bonds. The van der Waals surface area contributed by atoms with E-state index in [4.69, 9.17) is 0 Å². The Morgan fingerprint density at radius 1 is 1.30 bits per heavy atom. The summed E-state index contributed by atoms with van der Waals surface area (Å²) in [5.74, 6) is 0.828. The van der Waals surface area contributed by atoms with Crippen LogP contribution in [0.3, 0.4) is 0 Å². The van der Waals surface area contributed by atoms with E-state index in [0.717, 1.165) is 38.0 Å². The van der Waals surface area contributed by atoms with Crippen LogP contribution in [0, 0.1) is 0 Å². The van der Waals surface area contributed by atoms with Gasteiger partial charge < -0.3 is 4.90 Å². The van der Waals surface area contributed by atoms with Gasteiger partial charge in [0, 0.05) is 38.6 Å². The van der Waals surface area contributed by atoms with Gasteiger partial charge in [-0.3, -0.25) is 4.98 Å². The SMILES string of the molecule is CN(C1CCCN(c2cnccn2)C1)S(=O)(=O)C1CC1. The molecule has 2 aliphatic rings. The van der Waals surface area contributed by atoms with Gasteiger partial charge in [-0.2, -0.15) is 4.31 Å². The van der Waals surface area contributed by atoms with Crippen LogP contribution < -0.4 is 4.90 Å². The summed E-state index contributed by atoms with van der Waals surface area (Å²) in [6, 6.07) is 0.0383. The lowest BCUT2D eigenvalue weighted by atomic mass is 10.1. The molecular formula is C13H20N4O2S. The molecule has 1 atom stereocenters. The quantitative estimate of drug-likeness (QED) is 0.825. The van der Waals surface area contributed by atoms with Gasteiger partial charge in [0.2, 0.25) is 10.0 Å². The van der Waals surface area contributed by atoms with Crippen LogP contribution in [0.4, 0.5) is 5.82 Å². The van der Waals surface area contributed by atoms with E-state index < -0.39 is 10.0 Å². The van der Waals surface area contributed by atoms with Crippen LogP contribution in [0.2, 0.25) is 0 Å². The molecule has 1 saturated carbocycles. The highest BCUT2D eigenvalue weighted by Gasteiger charge is 2.41. The molecule has 2 fully saturated rings. The van der Waals surface area contributed by atoms with Gasteiger partial charge in [0.15, 0.2) is 0 Å². The van der Waals surface area contributed by atoms with Crippen molar-refractivity contribution < 1.29 is 8.42 Å². The second kappa shape index (κ2) is 5.29. The minimum absolute atomic E-state index is 0.0383. The Labute approximate surface area is 119 Å². The lowest BCUT2D eigenvalue weighted by Crippen LogP contribution is -2.49. The Balaban J connectivity index is 1.72. The number of aromatic nitrogens is 2. The minimum Gasteiger partial charge on any atom is -0.354 e. The molecule has 1 aliphatic carbocycles. The predicted molar refractivity (Wildman–Crippen MR) is 77.0 cm³/mol. The van der Waals surface area contributed by atoms with Crippen LogP contribution in [0.1, 0.15) is 25.7 Å². The van der Waals surface area contributed by atoms with Crippen molar-refractivity contribution in [2.45, 2.75) is 37.0 Å². The first kappa shape index (κ1) is 13.8. The zero-order valence-electron chi connectivity index (χ0n) is 11.6. The molecule has 2 heterocycles. The number of nitrogens with zero attached hydrogens (tertiary/aromatic N) is 4. The summed E-state index contributed by atoms with van der Waals surface area (Å²) in [4.78, 5) is 10.5. The molecule has 0 radical (unpaired) electrons. The Hall–Kier alpha value is -1.21. The number of rotatable bonds is 4. The summed E-state index contributed by atoms with van der Waals surface area (Å²) in [5, 5.41) is -0.139. The van der Waals surface area contributed by atoms with Gasteiger partial charge in [0.05, 0.1) is 11.4 Å². The molecule has 6 nitrogen and oxygen atoms in total. The maximum atomic E-state index is 12.3. The second-order valence-corrected chi connectivity index (χ2v) is 7.84. The standard InChI is InChI=1S/C13H20N4O2S/c1-16(20(18,19)12-4-5-12)11-3-2-8-17(10-11)13-9-14-6-7-15-13/h6-7,9,11-12H,2-5,8,10H2,1H3. The number of hydrogen-bond acceptors (Lipinski definition) is 5. The lowest BCUT2D eigenvalue weighted by molar-refractivity contribution is 0.319. The molecule has 1 aromatic heterocycles. The smallest absolute Gasteiger partial charge is 0.217 e. The minimum atomic E-state index is -3.10. The van der Waals surface area contributed by atoms with E-state index >= 15 is 0 Å². The Bertz CT molecular complexity index is 559. The zero-order valence-corrected chi connectivity index (χ0v) is 12.5. The third kappa shape index (κ3) is 2.64. The monoisotopic (exact) mass is 296 g/mol. The highest BCUT2D eigenvalue weighted by atomic mass is 32.2. The number of hydrogen-bond donors (Lipinski definition) is 0. The molecule has 7 heteroatoms. The van der Waals surface area contributed by atoms with Crippen LogP contribution in [0.25, 0.3) is 0 Å². The Morgan fingerprint density at radius 3 is 2.75 bits per heavy atom. The van der Waals surface area contributed by atoms with Crippen molar-refractivity contribution in [3.63, 3.8) is 0 Å². The molecule has 0 N–H and O–H groups in total. The molecule has 1 saturated heterocycles. The third-order valence-corrected chi connectivity index (χ3v) is 6.55.